The first kappa shape index (κ1) is 22.9. The van der Waals surface area contributed by atoms with Gasteiger partial charge in [-0.3, -0.25) is 9.69 Å². The largest absolute Gasteiger partial charge is 0.346 e. The van der Waals surface area contributed by atoms with Crippen molar-refractivity contribution in [1.82, 2.24) is 24.7 Å². The number of amides is 1. The molecular formula is C22H31N5O4S. The summed E-state index contributed by atoms with van der Waals surface area (Å²) >= 11 is 0. The molecule has 2 aliphatic heterocycles. The van der Waals surface area contributed by atoms with Crippen LogP contribution in [0.5, 0.6) is 0 Å². The number of carbonyl (C=O) groups excluding carboxylic acids is 1. The second-order valence-electron chi connectivity index (χ2n) is 8.40. The Bertz CT molecular complexity index is 1010. The quantitative estimate of drug-likeness (QED) is 0.675. The van der Waals surface area contributed by atoms with Crippen molar-refractivity contribution in [3.8, 4) is 11.4 Å². The van der Waals surface area contributed by atoms with Gasteiger partial charge in [0, 0.05) is 31.2 Å². The van der Waals surface area contributed by atoms with Crippen molar-refractivity contribution in [2.24, 2.45) is 0 Å². The van der Waals surface area contributed by atoms with Crippen molar-refractivity contribution in [2.75, 3.05) is 32.7 Å². The summed E-state index contributed by atoms with van der Waals surface area (Å²) in [6.45, 7) is 5.82. The highest BCUT2D eigenvalue weighted by Gasteiger charge is 2.26. The molecule has 1 aromatic carbocycles. The normalized spacial score (nSPS) is 20.8. The van der Waals surface area contributed by atoms with Crippen LogP contribution < -0.4 is 5.32 Å². The van der Waals surface area contributed by atoms with E-state index in [1.54, 1.807) is 28.6 Å². The van der Waals surface area contributed by atoms with Crippen molar-refractivity contribution in [2.45, 2.75) is 56.4 Å². The van der Waals surface area contributed by atoms with E-state index in [2.05, 4.69) is 27.3 Å². The fourth-order valence-corrected chi connectivity index (χ4v) is 5.99. The summed E-state index contributed by atoms with van der Waals surface area (Å²) in [6.07, 6.45) is 6.12. The van der Waals surface area contributed by atoms with Gasteiger partial charge in [0.15, 0.2) is 0 Å². The molecule has 1 unspecified atom stereocenters. The van der Waals surface area contributed by atoms with E-state index in [1.165, 1.54) is 0 Å². The van der Waals surface area contributed by atoms with E-state index < -0.39 is 15.9 Å². The maximum absolute atomic E-state index is 12.9. The van der Waals surface area contributed by atoms with E-state index >= 15 is 0 Å². The number of rotatable bonds is 7. The maximum atomic E-state index is 12.9. The fraction of sp³-hybridized carbons (Fsp3) is 0.591. The van der Waals surface area contributed by atoms with E-state index in [0.29, 0.717) is 31.2 Å². The van der Waals surface area contributed by atoms with Crippen molar-refractivity contribution in [3.63, 3.8) is 0 Å². The van der Waals surface area contributed by atoms with E-state index in [0.717, 1.165) is 51.6 Å². The number of hydrogen-bond donors (Lipinski definition) is 1. The number of sulfonamides is 1. The van der Waals surface area contributed by atoms with Crippen LogP contribution in [-0.2, 0) is 10.0 Å². The van der Waals surface area contributed by atoms with Crippen LogP contribution in [0.15, 0.2) is 33.7 Å². The van der Waals surface area contributed by atoms with Crippen LogP contribution >= 0.6 is 0 Å². The van der Waals surface area contributed by atoms with Gasteiger partial charge in [-0.2, -0.15) is 9.29 Å². The van der Waals surface area contributed by atoms with Crippen LogP contribution in [0, 0.1) is 0 Å². The van der Waals surface area contributed by atoms with Crippen LogP contribution in [0.4, 0.5) is 0 Å². The topological polar surface area (TPSA) is 109 Å². The summed E-state index contributed by atoms with van der Waals surface area (Å²) in [5.74, 6) is -0.237. The summed E-state index contributed by atoms with van der Waals surface area (Å²) in [5, 5.41) is 6.77. The van der Waals surface area contributed by atoms with Gasteiger partial charge in [0.05, 0.1) is 4.90 Å². The van der Waals surface area contributed by atoms with E-state index in [1.807, 2.05) is 0 Å². The number of nitrogens with one attached hydrogen (secondary N) is 1. The highest BCUT2D eigenvalue weighted by Crippen LogP contribution is 2.23. The lowest BCUT2D eigenvalue weighted by Gasteiger charge is -2.22. The number of likely N-dealkylation sites (tertiary alicyclic amines) is 1. The Morgan fingerprint density at radius 3 is 2.50 bits per heavy atom. The number of carbonyl (C=O) groups is 1. The zero-order chi connectivity index (χ0) is 22.6. The molecule has 2 fully saturated rings. The number of benzene rings is 1. The lowest BCUT2D eigenvalue weighted by molar-refractivity contribution is 0.0897. The molecule has 1 aromatic heterocycles. The second kappa shape index (κ2) is 10.1. The third-order valence-corrected chi connectivity index (χ3v) is 8.25. The molecule has 2 saturated heterocycles. The Balaban J connectivity index is 1.40. The summed E-state index contributed by atoms with van der Waals surface area (Å²) in [5.41, 5.74) is 0.593. The number of nitrogens with zero attached hydrogens (tertiary/aromatic N) is 4. The molecule has 0 saturated carbocycles. The lowest BCUT2D eigenvalue weighted by Crippen LogP contribution is -2.40. The van der Waals surface area contributed by atoms with Crippen LogP contribution in [0.1, 0.15) is 56.1 Å². The van der Waals surface area contributed by atoms with Crippen LogP contribution in [0.2, 0.25) is 0 Å². The molecule has 1 N–H and O–H groups in total. The van der Waals surface area contributed by atoms with Gasteiger partial charge < -0.3 is 9.84 Å². The summed E-state index contributed by atoms with van der Waals surface area (Å²) in [6, 6.07) is 6.75. The maximum Gasteiger partial charge on any atom is 0.316 e. The second-order valence-corrected chi connectivity index (χ2v) is 10.3. The molecule has 10 heteroatoms. The lowest BCUT2D eigenvalue weighted by atomic mass is 10.2. The molecule has 0 radical (unpaired) electrons. The highest BCUT2D eigenvalue weighted by molar-refractivity contribution is 7.89. The van der Waals surface area contributed by atoms with Crippen molar-refractivity contribution in [3.05, 3.63) is 30.2 Å². The molecule has 4 rings (SSSR count). The van der Waals surface area contributed by atoms with E-state index in [-0.39, 0.29) is 16.6 Å². The molecule has 174 valence electrons. The Labute approximate surface area is 189 Å². The Morgan fingerprint density at radius 2 is 1.81 bits per heavy atom. The predicted molar refractivity (Wildman–Crippen MR) is 120 cm³/mol. The van der Waals surface area contributed by atoms with Crippen molar-refractivity contribution in [1.29, 1.82) is 0 Å². The minimum absolute atomic E-state index is 0.0951. The molecule has 3 heterocycles. The molecule has 2 aliphatic rings. The van der Waals surface area contributed by atoms with Crippen molar-refractivity contribution < 1.29 is 17.7 Å². The minimum atomic E-state index is -3.51. The fourth-order valence-electron chi connectivity index (χ4n) is 4.47. The number of aromatic nitrogens is 2. The molecule has 32 heavy (non-hydrogen) atoms. The van der Waals surface area contributed by atoms with Gasteiger partial charge in [0.25, 0.3) is 0 Å². The molecule has 0 bridgehead atoms. The average Bonchev–Trinajstić information content (AvgIpc) is 3.40. The Hall–Kier alpha value is -2.30. The third-order valence-electron chi connectivity index (χ3n) is 6.34. The Kier molecular flexibility index (Phi) is 7.22. The van der Waals surface area contributed by atoms with Gasteiger partial charge in [0.1, 0.15) is 0 Å². The molecule has 1 atom stereocenters. The molecule has 0 aliphatic carbocycles. The van der Waals surface area contributed by atoms with Crippen LogP contribution in [0.3, 0.4) is 0 Å². The monoisotopic (exact) mass is 461 g/mol. The standard InChI is InChI=1S/C22H31N5O4S/c1-2-26-13-7-8-18(26)16-23-21(28)22-24-20(25-31-22)17-9-11-19(12-10-17)32(29,30)27-14-5-3-4-6-15-27/h9-12,18H,2-8,13-16H2,1H3,(H,23,28). The number of hydrogen-bond acceptors (Lipinski definition) is 7. The molecule has 0 spiro atoms. The van der Waals surface area contributed by atoms with Crippen molar-refractivity contribution >= 4 is 15.9 Å². The summed E-state index contributed by atoms with van der Waals surface area (Å²) in [4.78, 5) is 19.2. The first-order valence-electron chi connectivity index (χ1n) is 11.5. The zero-order valence-corrected chi connectivity index (χ0v) is 19.3. The smallest absolute Gasteiger partial charge is 0.316 e. The first-order valence-corrected chi connectivity index (χ1v) is 12.9. The first-order chi connectivity index (χ1) is 15.5. The Morgan fingerprint density at radius 1 is 1.09 bits per heavy atom. The molecular weight excluding hydrogens is 430 g/mol. The van der Waals surface area contributed by atoms with Crippen LogP contribution in [0.25, 0.3) is 11.4 Å². The van der Waals surface area contributed by atoms with Gasteiger partial charge in [-0.1, -0.05) is 24.9 Å². The average molecular weight is 462 g/mol. The van der Waals surface area contributed by atoms with Gasteiger partial charge in [0.2, 0.25) is 15.8 Å². The highest BCUT2D eigenvalue weighted by atomic mass is 32.2. The molecule has 2 aromatic rings. The summed E-state index contributed by atoms with van der Waals surface area (Å²) in [7, 11) is -3.51. The number of likely N-dealkylation sites (N-methyl/N-ethyl adjacent to an activating group) is 1. The molecule has 1 amide bonds. The summed E-state index contributed by atoms with van der Waals surface area (Å²) < 4.78 is 32.6. The van der Waals surface area contributed by atoms with E-state index in [4.69, 9.17) is 4.52 Å². The van der Waals surface area contributed by atoms with Gasteiger partial charge in [-0.25, -0.2) is 8.42 Å². The SMILES string of the molecule is CCN1CCCC1CNC(=O)c1nc(-c2ccc(S(=O)(=O)N3CCCCCC3)cc2)no1. The molecule has 9 nitrogen and oxygen atoms in total. The van der Waals surface area contributed by atoms with Gasteiger partial charge in [-0.05, 0) is 63.0 Å². The third kappa shape index (κ3) is 5.02. The van der Waals surface area contributed by atoms with Gasteiger partial charge in [-0.15, -0.1) is 0 Å². The van der Waals surface area contributed by atoms with Gasteiger partial charge >= 0.3 is 11.8 Å². The predicted octanol–water partition coefficient (Wildman–Crippen LogP) is 2.52. The van der Waals surface area contributed by atoms with Crippen LogP contribution in [-0.4, -0.2) is 72.4 Å². The minimum Gasteiger partial charge on any atom is -0.346 e. The zero-order valence-electron chi connectivity index (χ0n) is 18.5. The van der Waals surface area contributed by atoms with E-state index in [9.17, 15) is 13.2 Å².